The SMILES string of the molecule is CCOc1cc(O)c(C(=O)O)c(O)c1[N+](=O)[O-]. The van der Waals surface area contributed by atoms with Crippen LogP contribution in [0.4, 0.5) is 5.69 Å². The summed E-state index contributed by atoms with van der Waals surface area (Å²) < 4.78 is 4.84. The van der Waals surface area contributed by atoms with Crippen molar-refractivity contribution >= 4 is 11.7 Å². The van der Waals surface area contributed by atoms with E-state index in [1.165, 1.54) is 0 Å². The molecule has 8 heteroatoms. The van der Waals surface area contributed by atoms with Gasteiger partial charge in [0.2, 0.25) is 11.5 Å². The van der Waals surface area contributed by atoms with Crippen LogP contribution in [0.25, 0.3) is 0 Å². The first kappa shape index (κ1) is 12.6. The van der Waals surface area contributed by atoms with Crippen molar-refractivity contribution in [1.29, 1.82) is 0 Å². The van der Waals surface area contributed by atoms with Gasteiger partial charge in [-0.15, -0.1) is 0 Å². The average molecular weight is 243 g/mol. The fraction of sp³-hybridized carbons (Fsp3) is 0.222. The van der Waals surface area contributed by atoms with Crippen molar-refractivity contribution in [3.63, 3.8) is 0 Å². The Morgan fingerprint density at radius 2 is 2.12 bits per heavy atom. The molecule has 1 aromatic carbocycles. The van der Waals surface area contributed by atoms with Crippen molar-refractivity contribution in [2.75, 3.05) is 6.61 Å². The Hall–Kier alpha value is -2.51. The molecule has 0 amide bonds. The summed E-state index contributed by atoms with van der Waals surface area (Å²) >= 11 is 0. The number of carbonyl (C=O) groups is 1. The summed E-state index contributed by atoms with van der Waals surface area (Å²) in [4.78, 5) is 20.4. The topological polar surface area (TPSA) is 130 Å². The molecule has 17 heavy (non-hydrogen) atoms. The largest absolute Gasteiger partial charge is 0.507 e. The highest BCUT2D eigenvalue weighted by Gasteiger charge is 2.30. The number of hydrogen-bond acceptors (Lipinski definition) is 6. The molecule has 0 heterocycles. The van der Waals surface area contributed by atoms with Crippen molar-refractivity contribution in [2.45, 2.75) is 6.92 Å². The van der Waals surface area contributed by atoms with Crippen LogP contribution in [0.2, 0.25) is 0 Å². The van der Waals surface area contributed by atoms with Crippen LogP contribution in [0, 0.1) is 10.1 Å². The van der Waals surface area contributed by atoms with Crippen LogP contribution in [-0.2, 0) is 0 Å². The number of phenols is 2. The molecule has 0 aliphatic heterocycles. The van der Waals surface area contributed by atoms with Crippen molar-refractivity contribution in [3.8, 4) is 17.2 Å². The van der Waals surface area contributed by atoms with E-state index in [1.807, 2.05) is 0 Å². The summed E-state index contributed by atoms with van der Waals surface area (Å²) in [7, 11) is 0. The molecule has 0 atom stereocenters. The molecule has 3 N–H and O–H groups in total. The second kappa shape index (κ2) is 4.56. The fourth-order valence-electron chi connectivity index (χ4n) is 1.27. The van der Waals surface area contributed by atoms with Gasteiger partial charge in [0, 0.05) is 6.07 Å². The minimum atomic E-state index is -1.67. The smallest absolute Gasteiger partial charge is 0.353 e. The van der Waals surface area contributed by atoms with Gasteiger partial charge in [-0.1, -0.05) is 0 Å². The van der Waals surface area contributed by atoms with E-state index in [2.05, 4.69) is 0 Å². The monoisotopic (exact) mass is 243 g/mol. The minimum Gasteiger partial charge on any atom is -0.507 e. The number of ether oxygens (including phenoxy) is 1. The maximum atomic E-state index is 10.7. The van der Waals surface area contributed by atoms with Gasteiger partial charge in [-0.3, -0.25) is 10.1 Å². The standard InChI is InChI=1S/C9H9NO7/c1-2-17-5-3-4(11)6(9(13)14)8(12)7(5)10(15)16/h3,11-12H,2H2,1H3,(H,13,14). The van der Waals surface area contributed by atoms with E-state index in [4.69, 9.17) is 9.84 Å². The second-order valence-electron chi connectivity index (χ2n) is 2.96. The van der Waals surface area contributed by atoms with Gasteiger partial charge in [0.05, 0.1) is 11.5 Å². The van der Waals surface area contributed by atoms with Crippen molar-refractivity contribution < 1.29 is 29.8 Å². The van der Waals surface area contributed by atoms with Gasteiger partial charge in [0.25, 0.3) is 0 Å². The molecule has 8 nitrogen and oxygen atoms in total. The van der Waals surface area contributed by atoms with Crippen LogP contribution in [0.5, 0.6) is 17.2 Å². The van der Waals surface area contributed by atoms with Crippen LogP contribution >= 0.6 is 0 Å². The third-order valence-corrected chi connectivity index (χ3v) is 1.91. The number of nitro groups is 1. The number of aromatic hydroxyl groups is 2. The molecule has 0 aliphatic carbocycles. The second-order valence-corrected chi connectivity index (χ2v) is 2.96. The molecular weight excluding hydrogens is 234 g/mol. The third kappa shape index (κ3) is 2.19. The predicted octanol–water partition coefficient (Wildman–Crippen LogP) is 1.10. The molecule has 92 valence electrons. The van der Waals surface area contributed by atoms with E-state index in [0.717, 1.165) is 6.07 Å². The van der Waals surface area contributed by atoms with Gasteiger partial charge in [-0.25, -0.2) is 4.79 Å². The van der Waals surface area contributed by atoms with Crippen molar-refractivity contribution in [2.24, 2.45) is 0 Å². The Morgan fingerprint density at radius 1 is 1.53 bits per heavy atom. The number of benzene rings is 1. The van der Waals surface area contributed by atoms with Crippen LogP contribution in [-0.4, -0.2) is 32.8 Å². The summed E-state index contributed by atoms with van der Waals surface area (Å²) in [6, 6.07) is 0.783. The lowest BCUT2D eigenvalue weighted by molar-refractivity contribution is -0.386. The van der Waals surface area contributed by atoms with Gasteiger partial charge in [-0.05, 0) is 6.92 Å². The maximum Gasteiger partial charge on any atom is 0.353 e. The first-order valence-electron chi connectivity index (χ1n) is 4.49. The Labute approximate surface area is 94.8 Å². The molecular formula is C9H9NO7. The molecule has 1 aromatic rings. The Bertz CT molecular complexity index is 483. The molecule has 0 radical (unpaired) electrons. The lowest BCUT2D eigenvalue weighted by Crippen LogP contribution is -2.03. The molecule has 0 saturated heterocycles. The van der Waals surface area contributed by atoms with E-state index >= 15 is 0 Å². The Morgan fingerprint density at radius 3 is 2.53 bits per heavy atom. The Balaban J connectivity index is 3.57. The molecule has 1 rings (SSSR count). The highest BCUT2D eigenvalue weighted by atomic mass is 16.6. The van der Waals surface area contributed by atoms with Crippen LogP contribution in [0.15, 0.2) is 6.07 Å². The van der Waals surface area contributed by atoms with Crippen molar-refractivity contribution in [3.05, 3.63) is 21.7 Å². The molecule has 0 fully saturated rings. The first-order chi connectivity index (χ1) is 7.90. The van der Waals surface area contributed by atoms with E-state index < -0.39 is 39.4 Å². The lowest BCUT2D eigenvalue weighted by atomic mass is 10.1. The number of nitrogens with zero attached hydrogens (tertiary/aromatic N) is 1. The van der Waals surface area contributed by atoms with Gasteiger partial charge < -0.3 is 20.1 Å². The summed E-state index contributed by atoms with van der Waals surface area (Å²) in [6.07, 6.45) is 0. The number of carboxylic acid groups (broad SMARTS) is 1. The quantitative estimate of drug-likeness (QED) is 0.533. The van der Waals surface area contributed by atoms with E-state index in [1.54, 1.807) is 6.92 Å². The van der Waals surface area contributed by atoms with Crippen LogP contribution in [0.1, 0.15) is 17.3 Å². The number of rotatable bonds is 4. The van der Waals surface area contributed by atoms with E-state index in [0.29, 0.717) is 0 Å². The molecule has 0 spiro atoms. The summed E-state index contributed by atoms with van der Waals surface area (Å²) in [5.74, 6) is -4.00. The number of hydrogen-bond donors (Lipinski definition) is 3. The minimum absolute atomic E-state index is 0.0616. The Kier molecular flexibility index (Phi) is 3.37. The van der Waals surface area contributed by atoms with Crippen LogP contribution < -0.4 is 4.74 Å². The van der Waals surface area contributed by atoms with Crippen LogP contribution in [0.3, 0.4) is 0 Å². The van der Waals surface area contributed by atoms with Gasteiger partial charge in [-0.2, -0.15) is 0 Å². The summed E-state index contributed by atoms with van der Waals surface area (Å²) in [5, 5.41) is 38.2. The lowest BCUT2D eigenvalue weighted by Gasteiger charge is -2.08. The zero-order valence-electron chi connectivity index (χ0n) is 8.71. The predicted molar refractivity (Wildman–Crippen MR) is 54.6 cm³/mol. The molecule has 0 saturated carbocycles. The summed E-state index contributed by atoms with van der Waals surface area (Å²) in [6.45, 7) is 1.61. The zero-order valence-corrected chi connectivity index (χ0v) is 8.71. The molecule has 0 unspecified atom stereocenters. The number of nitro benzene ring substituents is 1. The van der Waals surface area contributed by atoms with Gasteiger partial charge >= 0.3 is 11.7 Å². The molecule has 0 aromatic heterocycles. The number of carboxylic acids is 1. The highest BCUT2D eigenvalue weighted by Crippen LogP contribution is 2.43. The maximum absolute atomic E-state index is 10.7. The van der Waals surface area contributed by atoms with Gasteiger partial charge in [0.1, 0.15) is 5.75 Å². The summed E-state index contributed by atoms with van der Waals surface area (Å²) in [5.41, 5.74) is -1.82. The molecule has 0 aliphatic rings. The first-order valence-corrected chi connectivity index (χ1v) is 4.49. The normalized spacial score (nSPS) is 9.94. The fourth-order valence-corrected chi connectivity index (χ4v) is 1.27. The van der Waals surface area contributed by atoms with Gasteiger partial charge in [0.15, 0.2) is 5.56 Å². The zero-order chi connectivity index (χ0) is 13.2. The number of aromatic carboxylic acids is 1. The van der Waals surface area contributed by atoms with E-state index in [-0.39, 0.29) is 6.61 Å². The third-order valence-electron chi connectivity index (χ3n) is 1.91. The van der Waals surface area contributed by atoms with Crippen molar-refractivity contribution in [1.82, 2.24) is 0 Å². The average Bonchev–Trinajstić information content (AvgIpc) is 2.15. The highest BCUT2D eigenvalue weighted by molar-refractivity contribution is 5.96. The molecule has 0 bridgehead atoms. The van der Waals surface area contributed by atoms with E-state index in [9.17, 15) is 25.1 Å².